The first kappa shape index (κ1) is 30.1. The van der Waals surface area contributed by atoms with Crippen molar-refractivity contribution in [3.8, 4) is 5.75 Å². The summed E-state index contributed by atoms with van der Waals surface area (Å²) in [6.45, 7) is 11.0. The first-order chi connectivity index (χ1) is 18.9. The Labute approximate surface area is 246 Å². The Kier molecular flexibility index (Phi) is 9.60. The molecule has 4 rings (SSSR count). The molecular formula is C27H32Cl2FN5O4S. The van der Waals surface area contributed by atoms with Crippen LogP contribution in [-0.2, 0) is 4.74 Å². The van der Waals surface area contributed by atoms with Crippen LogP contribution in [0.3, 0.4) is 0 Å². The number of fused-ring (bicyclic) bond motifs is 1. The van der Waals surface area contributed by atoms with Gasteiger partial charge in [-0.2, -0.15) is 0 Å². The average Bonchev–Trinajstić information content (AvgIpc) is 3.27. The second-order valence-electron chi connectivity index (χ2n) is 10.4. The predicted octanol–water partition coefficient (Wildman–Crippen LogP) is 6.56. The summed E-state index contributed by atoms with van der Waals surface area (Å²) in [7, 11) is 0. The second kappa shape index (κ2) is 12.8. The fraction of sp³-hybridized carbons (Fsp3) is 0.444. The third-order valence-electron chi connectivity index (χ3n) is 6.12. The number of benzene rings is 2. The lowest BCUT2D eigenvalue weighted by atomic mass is 10.1. The Balaban J connectivity index is 1.24. The van der Waals surface area contributed by atoms with E-state index in [-0.39, 0.29) is 17.1 Å². The van der Waals surface area contributed by atoms with Gasteiger partial charge in [-0.1, -0.05) is 34.5 Å². The van der Waals surface area contributed by atoms with Gasteiger partial charge in [0.15, 0.2) is 5.13 Å². The lowest BCUT2D eigenvalue weighted by molar-refractivity contribution is 0.0147. The fourth-order valence-electron chi connectivity index (χ4n) is 4.16. The van der Waals surface area contributed by atoms with E-state index in [0.717, 1.165) is 4.70 Å². The molecule has 2 N–H and O–H groups in total. The topological polar surface area (TPSA) is 96.0 Å². The Morgan fingerprint density at radius 3 is 2.58 bits per heavy atom. The zero-order valence-electron chi connectivity index (χ0n) is 22.7. The molecule has 0 saturated carbocycles. The van der Waals surface area contributed by atoms with Gasteiger partial charge >= 0.3 is 12.1 Å². The number of hydrogen-bond donors (Lipinski definition) is 2. The molecule has 1 aliphatic heterocycles. The molecule has 3 amide bonds. The number of urea groups is 1. The number of hydrogen-bond acceptors (Lipinski definition) is 7. The molecule has 0 spiro atoms. The molecule has 1 unspecified atom stereocenters. The highest BCUT2D eigenvalue weighted by Crippen LogP contribution is 2.36. The van der Waals surface area contributed by atoms with Crippen molar-refractivity contribution in [3.63, 3.8) is 0 Å². The minimum Gasteiger partial charge on any atom is -0.486 e. The van der Waals surface area contributed by atoms with Gasteiger partial charge in [0, 0.05) is 49.9 Å². The van der Waals surface area contributed by atoms with Crippen LogP contribution in [0.1, 0.15) is 39.4 Å². The molecule has 1 atom stereocenters. The molecule has 3 aromatic rings. The molecule has 9 nitrogen and oxygen atoms in total. The van der Waals surface area contributed by atoms with Crippen molar-refractivity contribution >= 4 is 62.0 Å². The van der Waals surface area contributed by atoms with Crippen LogP contribution >= 0.6 is 34.5 Å². The maximum absolute atomic E-state index is 13.9. The van der Waals surface area contributed by atoms with Gasteiger partial charge in [-0.05, 0) is 58.0 Å². The van der Waals surface area contributed by atoms with Crippen molar-refractivity contribution in [2.75, 3.05) is 44.6 Å². The lowest BCUT2D eigenvalue weighted by Gasteiger charge is -2.35. The van der Waals surface area contributed by atoms with Crippen molar-refractivity contribution in [3.05, 3.63) is 51.8 Å². The molecule has 0 bridgehead atoms. The summed E-state index contributed by atoms with van der Waals surface area (Å²) in [5, 5.41) is 6.31. The number of thiazole rings is 1. The van der Waals surface area contributed by atoms with Gasteiger partial charge in [0.05, 0.1) is 15.2 Å². The van der Waals surface area contributed by atoms with E-state index >= 15 is 0 Å². The first-order valence-corrected chi connectivity index (χ1v) is 14.4. The Morgan fingerprint density at radius 2 is 1.88 bits per heavy atom. The molecule has 1 saturated heterocycles. The van der Waals surface area contributed by atoms with Crippen LogP contribution in [0.25, 0.3) is 10.2 Å². The summed E-state index contributed by atoms with van der Waals surface area (Å²) >= 11 is 13.6. The highest BCUT2D eigenvalue weighted by molar-refractivity contribution is 7.22. The third-order valence-corrected chi connectivity index (χ3v) is 7.76. The summed E-state index contributed by atoms with van der Waals surface area (Å²) in [6, 6.07) is 7.62. The summed E-state index contributed by atoms with van der Waals surface area (Å²) in [4.78, 5) is 33.0. The molecule has 1 aliphatic rings. The number of carbonyl (C=O) groups is 2. The third kappa shape index (κ3) is 7.87. The van der Waals surface area contributed by atoms with Crippen molar-refractivity contribution in [2.24, 2.45) is 0 Å². The standard InChI is InChI=1S/C27H32Cl2FN5O4S/c1-16(22-18(28)6-7-19(30)23(22)29)38-17-5-8-20-21(15-17)40-25(32-20)33-24(36)31-9-10-34-11-13-35(14-12-34)26(37)39-27(2,3)4/h5-8,15-16H,9-14H2,1-4H3,(H2,31,32,33,36). The van der Waals surface area contributed by atoms with E-state index in [1.165, 1.54) is 23.5 Å². The number of ether oxygens (including phenoxy) is 2. The van der Waals surface area contributed by atoms with E-state index < -0.39 is 17.5 Å². The van der Waals surface area contributed by atoms with Gasteiger partial charge in [-0.3, -0.25) is 10.2 Å². The molecule has 2 heterocycles. The van der Waals surface area contributed by atoms with Crippen LogP contribution in [0.15, 0.2) is 30.3 Å². The number of nitrogens with zero attached hydrogens (tertiary/aromatic N) is 3. The molecule has 2 aromatic carbocycles. The van der Waals surface area contributed by atoms with E-state index in [1.54, 1.807) is 30.0 Å². The van der Waals surface area contributed by atoms with Gasteiger partial charge in [-0.25, -0.2) is 19.0 Å². The first-order valence-electron chi connectivity index (χ1n) is 12.9. The Hall–Kier alpha value is -2.86. The van der Waals surface area contributed by atoms with E-state index in [2.05, 4.69) is 20.5 Å². The van der Waals surface area contributed by atoms with Gasteiger partial charge in [0.2, 0.25) is 0 Å². The number of piperazine rings is 1. The van der Waals surface area contributed by atoms with Crippen LogP contribution in [0.5, 0.6) is 5.75 Å². The number of nitrogens with one attached hydrogen (secondary N) is 2. The summed E-state index contributed by atoms with van der Waals surface area (Å²) in [5.74, 6) is -0.0352. The molecule has 1 aromatic heterocycles. The van der Waals surface area contributed by atoms with E-state index in [1.807, 2.05) is 20.8 Å². The van der Waals surface area contributed by atoms with Gasteiger partial charge in [-0.15, -0.1) is 0 Å². The van der Waals surface area contributed by atoms with E-state index in [0.29, 0.717) is 66.3 Å². The highest BCUT2D eigenvalue weighted by Gasteiger charge is 2.26. The molecule has 40 heavy (non-hydrogen) atoms. The molecule has 1 fully saturated rings. The SMILES string of the molecule is CC(Oc1ccc2nc(NC(=O)NCCN3CCN(C(=O)OC(C)(C)C)CC3)sc2c1)c1c(Cl)ccc(F)c1Cl. The monoisotopic (exact) mass is 611 g/mol. The molecule has 0 radical (unpaired) electrons. The largest absolute Gasteiger partial charge is 0.486 e. The van der Waals surface area contributed by atoms with E-state index in [9.17, 15) is 14.0 Å². The molecular weight excluding hydrogens is 580 g/mol. The summed E-state index contributed by atoms with van der Waals surface area (Å²) < 4.78 is 26.1. The minimum atomic E-state index is -0.593. The Bertz CT molecular complexity index is 1370. The highest BCUT2D eigenvalue weighted by atomic mass is 35.5. The maximum Gasteiger partial charge on any atom is 0.410 e. The quantitative estimate of drug-likeness (QED) is 0.294. The molecule has 0 aliphatic carbocycles. The van der Waals surface area contributed by atoms with Crippen molar-refractivity contribution < 1.29 is 23.5 Å². The van der Waals surface area contributed by atoms with Crippen LogP contribution < -0.4 is 15.4 Å². The van der Waals surface area contributed by atoms with E-state index in [4.69, 9.17) is 32.7 Å². The number of amides is 3. The zero-order chi connectivity index (χ0) is 29.0. The second-order valence-corrected chi connectivity index (χ2v) is 12.2. The predicted molar refractivity (Wildman–Crippen MR) is 156 cm³/mol. The van der Waals surface area contributed by atoms with Crippen LogP contribution in [0.2, 0.25) is 10.0 Å². The summed E-state index contributed by atoms with van der Waals surface area (Å²) in [5.41, 5.74) is 0.554. The normalized spacial score (nSPS) is 15.1. The van der Waals surface area contributed by atoms with Crippen molar-refractivity contribution in [1.82, 2.24) is 20.1 Å². The zero-order valence-corrected chi connectivity index (χ0v) is 25.1. The van der Waals surface area contributed by atoms with Gasteiger partial charge in [0.1, 0.15) is 23.3 Å². The molecule has 216 valence electrons. The number of anilines is 1. The van der Waals surface area contributed by atoms with Crippen molar-refractivity contribution in [2.45, 2.75) is 39.4 Å². The summed E-state index contributed by atoms with van der Waals surface area (Å²) in [6.07, 6.45) is -0.890. The van der Waals surface area contributed by atoms with Crippen LogP contribution in [-0.4, -0.2) is 71.8 Å². The van der Waals surface area contributed by atoms with Gasteiger partial charge < -0.3 is 19.7 Å². The van der Waals surface area contributed by atoms with Crippen LogP contribution in [0.4, 0.5) is 19.1 Å². The fourth-order valence-corrected chi connectivity index (χ4v) is 5.73. The number of aromatic nitrogens is 1. The maximum atomic E-state index is 13.9. The average molecular weight is 613 g/mol. The molecule has 13 heteroatoms. The Morgan fingerprint density at radius 1 is 1.15 bits per heavy atom. The smallest absolute Gasteiger partial charge is 0.410 e. The number of rotatable bonds is 7. The number of halogens is 3. The minimum absolute atomic E-state index is 0.0700. The number of carbonyl (C=O) groups excluding carboxylic acids is 2. The lowest BCUT2D eigenvalue weighted by Crippen LogP contribution is -2.51. The van der Waals surface area contributed by atoms with Crippen molar-refractivity contribution in [1.29, 1.82) is 0 Å². The van der Waals surface area contributed by atoms with Gasteiger partial charge in [0.25, 0.3) is 0 Å². The van der Waals surface area contributed by atoms with Crippen LogP contribution in [0, 0.1) is 5.82 Å².